The van der Waals surface area contributed by atoms with E-state index in [0.717, 1.165) is 31.7 Å². The van der Waals surface area contributed by atoms with Crippen LogP contribution >= 0.6 is 0 Å². The number of hydrogen-bond acceptors (Lipinski definition) is 4. The molecule has 0 aromatic carbocycles. The van der Waals surface area contributed by atoms with Gasteiger partial charge in [-0.3, -0.25) is 0 Å². The fourth-order valence-electron chi connectivity index (χ4n) is 1.11. The SMILES string of the molecule is c1ncnc(CCCC2CO2)n1. The normalized spacial score (nSPS) is 20.8. The van der Waals surface area contributed by atoms with E-state index in [9.17, 15) is 0 Å². The van der Waals surface area contributed by atoms with Gasteiger partial charge in [-0.25, -0.2) is 15.0 Å². The maximum Gasteiger partial charge on any atom is 0.131 e. The minimum atomic E-state index is 0.520. The first-order valence-electron chi connectivity index (χ1n) is 4.17. The topological polar surface area (TPSA) is 51.2 Å². The number of aryl methyl sites for hydroxylation is 1. The summed E-state index contributed by atoms with van der Waals surface area (Å²) in [6, 6.07) is 0. The van der Waals surface area contributed by atoms with Crippen LogP contribution < -0.4 is 0 Å². The van der Waals surface area contributed by atoms with Crippen LogP contribution in [0.25, 0.3) is 0 Å². The molecule has 1 saturated heterocycles. The van der Waals surface area contributed by atoms with E-state index in [1.165, 1.54) is 12.7 Å². The average Bonchev–Trinajstić information content (AvgIpc) is 2.90. The minimum absolute atomic E-state index is 0.520. The molecule has 0 aliphatic carbocycles. The Morgan fingerprint density at radius 2 is 2.17 bits per heavy atom. The molecule has 0 spiro atoms. The molecule has 1 unspecified atom stereocenters. The Labute approximate surface area is 71.0 Å². The summed E-state index contributed by atoms with van der Waals surface area (Å²) in [7, 11) is 0. The Kier molecular flexibility index (Phi) is 2.27. The summed E-state index contributed by atoms with van der Waals surface area (Å²) in [6.45, 7) is 0.942. The van der Waals surface area contributed by atoms with Crippen molar-refractivity contribution in [2.45, 2.75) is 25.4 Å². The molecule has 1 aliphatic rings. The van der Waals surface area contributed by atoms with Crippen LogP contribution in [0.1, 0.15) is 18.7 Å². The maximum absolute atomic E-state index is 5.09. The first kappa shape index (κ1) is 7.61. The van der Waals surface area contributed by atoms with E-state index < -0.39 is 0 Å². The second kappa shape index (κ2) is 3.58. The van der Waals surface area contributed by atoms with E-state index in [0.29, 0.717) is 6.10 Å². The smallest absolute Gasteiger partial charge is 0.131 e. The molecule has 0 radical (unpaired) electrons. The van der Waals surface area contributed by atoms with Crippen molar-refractivity contribution >= 4 is 0 Å². The van der Waals surface area contributed by atoms with E-state index in [-0.39, 0.29) is 0 Å². The van der Waals surface area contributed by atoms with Crippen molar-refractivity contribution in [3.63, 3.8) is 0 Å². The summed E-state index contributed by atoms with van der Waals surface area (Å²) in [5.74, 6) is 0.880. The van der Waals surface area contributed by atoms with Gasteiger partial charge in [0, 0.05) is 6.42 Å². The van der Waals surface area contributed by atoms with Crippen LogP contribution in [0.4, 0.5) is 0 Å². The third kappa shape index (κ3) is 2.23. The van der Waals surface area contributed by atoms with Crippen molar-refractivity contribution in [3.05, 3.63) is 18.5 Å². The van der Waals surface area contributed by atoms with E-state index in [1.54, 1.807) is 0 Å². The molecule has 4 nitrogen and oxygen atoms in total. The zero-order chi connectivity index (χ0) is 8.23. The van der Waals surface area contributed by atoms with Crippen molar-refractivity contribution in [2.24, 2.45) is 0 Å². The van der Waals surface area contributed by atoms with E-state index >= 15 is 0 Å². The van der Waals surface area contributed by atoms with Gasteiger partial charge in [-0.2, -0.15) is 0 Å². The van der Waals surface area contributed by atoms with Crippen LogP contribution in [0.5, 0.6) is 0 Å². The Bertz CT molecular complexity index is 235. The highest BCUT2D eigenvalue weighted by Gasteiger charge is 2.21. The first-order chi connectivity index (χ1) is 5.95. The molecular formula is C8H11N3O. The van der Waals surface area contributed by atoms with Crippen LogP contribution in [0, 0.1) is 0 Å². The minimum Gasteiger partial charge on any atom is -0.373 e. The van der Waals surface area contributed by atoms with Gasteiger partial charge in [-0.15, -0.1) is 0 Å². The number of epoxide rings is 1. The number of nitrogens with zero attached hydrogens (tertiary/aromatic N) is 3. The summed E-state index contributed by atoms with van der Waals surface area (Å²) in [5.41, 5.74) is 0. The second-order valence-electron chi connectivity index (χ2n) is 2.90. The van der Waals surface area contributed by atoms with Gasteiger partial charge in [0.05, 0.1) is 12.7 Å². The van der Waals surface area contributed by atoms with Crippen LogP contribution in [0.15, 0.2) is 12.7 Å². The van der Waals surface area contributed by atoms with Crippen LogP contribution in [-0.2, 0) is 11.2 Å². The number of hydrogen-bond donors (Lipinski definition) is 0. The molecule has 2 rings (SSSR count). The van der Waals surface area contributed by atoms with Crippen LogP contribution in [0.2, 0.25) is 0 Å². The van der Waals surface area contributed by atoms with Gasteiger partial charge >= 0.3 is 0 Å². The number of aromatic nitrogens is 3. The predicted octanol–water partition coefficient (Wildman–Crippen LogP) is 0.593. The molecular weight excluding hydrogens is 154 g/mol. The molecule has 1 aromatic heterocycles. The van der Waals surface area contributed by atoms with Gasteiger partial charge in [-0.05, 0) is 12.8 Å². The molecule has 0 bridgehead atoms. The lowest BCUT2D eigenvalue weighted by molar-refractivity contribution is 0.391. The summed E-state index contributed by atoms with van der Waals surface area (Å²) < 4.78 is 5.09. The molecule has 0 saturated carbocycles. The average molecular weight is 165 g/mol. The summed E-state index contributed by atoms with van der Waals surface area (Å²) in [4.78, 5) is 11.8. The molecule has 0 N–H and O–H groups in total. The first-order valence-corrected chi connectivity index (χ1v) is 4.17. The summed E-state index contributed by atoms with van der Waals surface area (Å²) in [5, 5.41) is 0. The van der Waals surface area contributed by atoms with Gasteiger partial charge in [0.15, 0.2) is 0 Å². The van der Waals surface area contributed by atoms with E-state index in [1.807, 2.05) is 0 Å². The zero-order valence-corrected chi connectivity index (χ0v) is 6.81. The molecule has 64 valence electrons. The Morgan fingerprint density at radius 1 is 1.42 bits per heavy atom. The van der Waals surface area contributed by atoms with Gasteiger partial charge in [0.2, 0.25) is 0 Å². The standard InChI is InChI=1S/C8H11N3O/c1(2-7-4-12-7)3-8-10-5-9-6-11-8/h5-7H,1-4H2. The summed E-state index contributed by atoms with van der Waals surface area (Å²) in [6.07, 6.45) is 6.76. The quantitative estimate of drug-likeness (QED) is 0.613. The Morgan fingerprint density at radius 3 is 2.83 bits per heavy atom. The lowest BCUT2D eigenvalue weighted by Gasteiger charge is -1.95. The fraction of sp³-hybridized carbons (Fsp3) is 0.625. The molecule has 1 fully saturated rings. The van der Waals surface area contributed by atoms with Gasteiger partial charge < -0.3 is 4.74 Å². The van der Waals surface area contributed by atoms with Crippen LogP contribution in [-0.4, -0.2) is 27.7 Å². The second-order valence-corrected chi connectivity index (χ2v) is 2.90. The molecule has 2 heterocycles. The van der Waals surface area contributed by atoms with Gasteiger partial charge in [0.1, 0.15) is 18.5 Å². The third-order valence-electron chi connectivity index (χ3n) is 1.88. The van der Waals surface area contributed by atoms with E-state index in [4.69, 9.17) is 4.74 Å². The summed E-state index contributed by atoms with van der Waals surface area (Å²) >= 11 is 0. The molecule has 0 amide bonds. The monoisotopic (exact) mass is 165 g/mol. The highest BCUT2D eigenvalue weighted by atomic mass is 16.6. The van der Waals surface area contributed by atoms with Crippen molar-refractivity contribution in [3.8, 4) is 0 Å². The molecule has 1 aromatic rings. The third-order valence-corrected chi connectivity index (χ3v) is 1.88. The predicted molar refractivity (Wildman–Crippen MR) is 42.5 cm³/mol. The maximum atomic E-state index is 5.09. The van der Waals surface area contributed by atoms with Gasteiger partial charge in [0.25, 0.3) is 0 Å². The zero-order valence-electron chi connectivity index (χ0n) is 6.81. The van der Waals surface area contributed by atoms with Crippen molar-refractivity contribution in [1.29, 1.82) is 0 Å². The van der Waals surface area contributed by atoms with Crippen molar-refractivity contribution < 1.29 is 4.74 Å². The lowest BCUT2D eigenvalue weighted by atomic mass is 10.2. The number of rotatable bonds is 4. The van der Waals surface area contributed by atoms with Crippen LogP contribution in [0.3, 0.4) is 0 Å². The largest absolute Gasteiger partial charge is 0.373 e. The number of ether oxygens (including phenoxy) is 1. The van der Waals surface area contributed by atoms with E-state index in [2.05, 4.69) is 15.0 Å². The fourth-order valence-corrected chi connectivity index (χ4v) is 1.11. The molecule has 4 heteroatoms. The molecule has 1 aliphatic heterocycles. The van der Waals surface area contributed by atoms with Crippen molar-refractivity contribution in [2.75, 3.05) is 6.61 Å². The van der Waals surface area contributed by atoms with Crippen molar-refractivity contribution in [1.82, 2.24) is 15.0 Å². The Balaban J connectivity index is 1.72. The van der Waals surface area contributed by atoms with Gasteiger partial charge in [-0.1, -0.05) is 0 Å². The highest BCUT2D eigenvalue weighted by molar-refractivity contribution is 4.82. The molecule has 12 heavy (non-hydrogen) atoms. The Hall–Kier alpha value is -1.03. The highest BCUT2D eigenvalue weighted by Crippen LogP contribution is 2.15. The lowest BCUT2D eigenvalue weighted by Crippen LogP contribution is -1.96. The molecule has 1 atom stereocenters.